The summed E-state index contributed by atoms with van der Waals surface area (Å²) in [6, 6.07) is 3.49. The molecule has 6 heteroatoms. The quantitative estimate of drug-likeness (QED) is 0.603. The van der Waals surface area contributed by atoms with Gasteiger partial charge in [0, 0.05) is 18.5 Å². The molecular weight excluding hydrogens is 286 g/mol. The Hall–Kier alpha value is -2.50. The summed E-state index contributed by atoms with van der Waals surface area (Å²) in [5.41, 5.74) is 0.172. The van der Waals surface area contributed by atoms with Crippen molar-refractivity contribution < 1.29 is 18.7 Å². The molecule has 118 valence electrons. The van der Waals surface area contributed by atoms with Crippen LogP contribution in [0.5, 0.6) is 11.5 Å². The highest BCUT2D eigenvalue weighted by molar-refractivity contribution is 6.02. The molecule has 1 heterocycles. The van der Waals surface area contributed by atoms with Crippen LogP contribution in [0.25, 0.3) is 11.0 Å². The molecule has 6 nitrogen and oxygen atoms in total. The number of nitrogens with zero attached hydrogens (tertiary/aromatic N) is 1. The molecule has 0 aliphatic carbocycles. The Morgan fingerprint density at radius 1 is 1.18 bits per heavy atom. The van der Waals surface area contributed by atoms with Crippen LogP contribution in [0.15, 0.2) is 21.3 Å². The highest BCUT2D eigenvalue weighted by atomic mass is 16.5. The van der Waals surface area contributed by atoms with Gasteiger partial charge in [0.2, 0.25) is 5.75 Å². The maximum atomic E-state index is 12.2. The van der Waals surface area contributed by atoms with Gasteiger partial charge < -0.3 is 18.8 Å². The van der Waals surface area contributed by atoms with Gasteiger partial charge in [-0.05, 0) is 26.0 Å². The maximum absolute atomic E-state index is 12.2. The number of benzene rings is 1. The van der Waals surface area contributed by atoms with Crippen LogP contribution >= 0.6 is 0 Å². The van der Waals surface area contributed by atoms with Crippen LogP contribution in [0.2, 0.25) is 0 Å². The summed E-state index contributed by atoms with van der Waals surface area (Å²) in [5, 5.41) is 0.642. The largest absolute Gasteiger partial charge is 0.493 e. The Bertz CT molecular complexity index is 746. The van der Waals surface area contributed by atoms with E-state index in [9.17, 15) is 9.59 Å². The number of fused-ring (bicyclic) bond motifs is 1. The van der Waals surface area contributed by atoms with E-state index in [-0.39, 0.29) is 11.1 Å². The normalized spacial score (nSPS) is 10.5. The van der Waals surface area contributed by atoms with Crippen molar-refractivity contribution >= 4 is 22.9 Å². The zero-order chi connectivity index (χ0) is 16.3. The predicted molar refractivity (Wildman–Crippen MR) is 84.5 cm³/mol. The molecule has 0 saturated carbocycles. The second-order valence-electron chi connectivity index (χ2n) is 4.62. The van der Waals surface area contributed by atoms with Crippen LogP contribution in [0.1, 0.15) is 24.2 Å². The average molecular weight is 305 g/mol. The van der Waals surface area contributed by atoms with E-state index in [0.29, 0.717) is 41.9 Å². The fraction of sp³-hybridized carbons (Fsp3) is 0.375. The van der Waals surface area contributed by atoms with Gasteiger partial charge in [0.05, 0.1) is 19.9 Å². The average Bonchev–Trinajstić information content (AvgIpc) is 2.54. The molecule has 2 aromatic rings. The predicted octanol–water partition coefficient (Wildman–Crippen LogP) is 2.47. The van der Waals surface area contributed by atoms with Crippen molar-refractivity contribution in [2.45, 2.75) is 13.8 Å². The fourth-order valence-corrected chi connectivity index (χ4v) is 2.56. The van der Waals surface area contributed by atoms with Crippen molar-refractivity contribution in [1.29, 1.82) is 0 Å². The summed E-state index contributed by atoms with van der Waals surface area (Å²) >= 11 is 0. The Morgan fingerprint density at radius 3 is 2.36 bits per heavy atom. The second kappa shape index (κ2) is 6.51. The van der Waals surface area contributed by atoms with Gasteiger partial charge in [0.25, 0.3) is 0 Å². The third-order valence-corrected chi connectivity index (χ3v) is 3.62. The molecular formula is C16H19NO5. The highest BCUT2D eigenvalue weighted by Gasteiger charge is 2.22. The van der Waals surface area contributed by atoms with Crippen LogP contribution in [0.3, 0.4) is 0 Å². The van der Waals surface area contributed by atoms with Crippen molar-refractivity contribution in [2.24, 2.45) is 0 Å². The Kier molecular flexibility index (Phi) is 4.70. The highest BCUT2D eigenvalue weighted by Crippen LogP contribution is 2.39. The van der Waals surface area contributed by atoms with Crippen LogP contribution in [0, 0.1) is 0 Å². The first-order chi connectivity index (χ1) is 10.6. The van der Waals surface area contributed by atoms with E-state index in [2.05, 4.69) is 0 Å². The van der Waals surface area contributed by atoms with Gasteiger partial charge in [-0.1, -0.05) is 0 Å². The van der Waals surface area contributed by atoms with E-state index in [4.69, 9.17) is 13.9 Å². The smallest absolute Gasteiger partial charge is 0.349 e. The standard InChI is InChI=1S/C16H19NO5/c1-5-17(6-2)13-10-7-8-12(20-3)15(21-4)14(10)22-16(19)11(13)9-18/h7-9H,5-6H2,1-4H3. The number of carbonyl (C=O) groups excluding carboxylic acids is 1. The lowest BCUT2D eigenvalue weighted by Gasteiger charge is -2.24. The molecule has 0 atom stereocenters. The molecule has 22 heavy (non-hydrogen) atoms. The molecule has 0 radical (unpaired) electrons. The second-order valence-corrected chi connectivity index (χ2v) is 4.62. The lowest BCUT2D eigenvalue weighted by atomic mass is 10.1. The summed E-state index contributed by atoms with van der Waals surface area (Å²) in [4.78, 5) is 25.5. The van der Waals surface area contributed by atoms with E-state index < -0.39 is 5.63 Å². The summed E-state index contributed by atoms with van der Waals surface area (Å²) in [6.45, 7) is 5.23. The molecule has 0 unspecified atom stereocenters. The SMILES string of the molecule is CCN(CC)c1c(C=O)c(=O)oc2c(OC)c(OC)ccc12. The van der Waals surface area contributed by atoms with Gasteiger partial charge in [-0.2, -0.15) is 0 Å². The van der Waals surface area contributed by atoms with Crippen molar-refractivity contribution in [1.82, 2.24) is 0 Å². The zero-order valence-corrected chi connectivity index (χ0v) is 13.1. The van der Waals surface area contributed by atoms with Crippen LogP contribution in [0.4, 0.5) is 5.69 Å². The molecule has 0 bridgehead atoms. The molecule has 0 N–H and O–H groups in total. The Morgan fingerprint density at radius 2 is 1.86 bits per heavy atom. The lowest BCUT2D eigenvalue weighted by molar-refractivity contribution is 0.112. The van der Waals surface area contributed by atoms with Gasteiger partial charge >= 0.3 is 5.63 Å². The summed E-state index contributed by atoms with van der Waals surface area (Å²) in [7, 11) is 2.98. The van der Waals surface area contributed by atoms with Gasteiger partial charge in [0.1, 0.15) is 5.56 Å². The van der Waals surface area contributed by atoms with E-state index >= 15 is 0 Å². The van der Waals surface area contributed by atoms with E-state index in [1.165, 1.54) is 14.2 Å². The first-order valence-electron chi connectivity index (χ1n) is 7.04. The number of hydrogen-bond acceptors (Lipinski definition) is 6. The first kappa shape index (κ1) is 15.9. The summed E-state index contributed by atoms with van der Waals surface area (Å²) < 4.78 is 15.8. The van der Waals surface area contributed by atoms with Crippen molar-refractivity contribution in [2.75, 3.05) is 32.2 Å². The molecule has 0 fully saturated rings. The number of aldehydes is 1. The minimum Gasteiger partial charge on any atom is -0.493 e. The van der Waals surface area contributed by atoms with Gasteiger partial charge in [-0.3, -0.25) is 4.79 Å². The van der Waals surface area contributed by atoms with E-state index in [1.807, 2.05) is 18.7 Å². The number of rotatable bonds is 6. The van der Waals surface area contributed by atoms with Crippen molar-refractivity contribution in [3.63, 3.8) is 0 Å². The minimum atomic E-state index is -0.684. The van der Waals surface area contributed by atoms with Gasteiger partial charge in [-0.15, -0.1) is 0 Å². The number of carbonyl (C=O) groups is 1. The van der Waals surface area contributed by atoms with Crippen LogP contribution < -0.4 is 20.0 Å². The first-order valence-corrected chi connectivity index (χ1v) is 7.04. The minimum absolute atomic E-state index is 0.0171. The molecule has 1 aromatic carbocycles. The third-order valence-electron chi connectivity index (χ3n) is 3.62. The number of methoxy groups -OCH3 is 2. The summed E-state index contributed by atoms with van der Waals surface area (Å²) in [5.74, 6) is 0.797. The Balaban J connectivity index is 2.97. The van der Waals surface area contributed by atoms with Crippen molar-refractivity contribution in [3.05, 3.63) is 28.1 Å². The Labute approximate surface area is 128 Å². The molecule has 0 spiro atoms. The zero-order valence-electron chi connectivity index (χ0n) is 13.1. The topological polar surface area (TPSA) is 69.0 Å². The van der Waals surface area contributed by atoms with Crippen LogP contribution in [-0.2, 0) is 0 Å². The molecule has 0 saturated heterocycles. The number of anilines is 1. The third kappa shape index (κ3) is 2.41. The van der Waals surface area contributed by atoms with E-state index in [0.717, 1.165) is 0 Å². The molecule has 0 aliphatic rings. The van der Waals surface area contributed by atoms with Crippen LogP contribution in [-0.4, -0.2) is 33.6 Å². The lowest BCUT2D eigenvalue weighted by Crippen LogP contribution is -2.26. The molecule has 0 aliphatic heterocycles. The summed E-state index contributed by atoms with van der Waals surface area (Å²) in [6.07, 6.45) is 0.537. The van der Waals surface area contributed by atoms with E-state index in [1.54, 1.807) is 12.1 Å². The fourth-order valence-electron chi connectivity index (χ4n) is 2.56. The maximum Gasteiger partial charge on any atom is 0.349 e. The molecule has 0 amide bonds. The van der Waals surface area contributed by atoms with Crippen molar-refractivity contribution in [3.8, 4) is 11.5 Å². The molecule has 1 aromatic heterocycles. The van der Waals surface area contributed by atoms with Gasteiger partial charge in [0.15, 0.2) is 17.6 Å². The number of hydrogen-bond donors (Lipinski definition) is 0. The monoisotopic (exact) mass is 305 g/mol. The van der Waals surface area contributed by atoms with Gasteiger partial charge in [-0.25, -0.2) is 4.79 Å². The molecule has 2 rings (SSSR count). The number of ether oxygens (including phenoxy) is 2.